The van der Waals surface area contributed by atoms with Crippen LogP contribution in [-0.4, -0.2) is 30.9 Å². The van der Waals surface area contributed by atoms with E-state index in [1.165, 1.54) is 154 Å². The summed E-state index contributed by atoms with van der Waals surface area (Å²) in [6, 6.07) is 0. The lowest BCUT2D eigenvalue weighted by Crippen LogP contribution is -2.20. The van der Waals surface area contributed by atoms with E-state index >= 15 is 0 Å². The molecule has 260 valence electrons. The van der Waals surface area contributed by atoms with Crippen molar-refractivity contribution in [2.75, 3.05) is 13.2 Å². The van der Waals surface area contributed by atoms with Crippen LogP contribution in [0.3, 0.4) is 0 Å². The van der Waals surface area contributed by atoms with Crippen LogP contribution in [0.2, 0.25) is 0 Å². The van der Waals surface area contributed by atoms with Gasteiger partial charge in [0, 0.05) is 12.8 Å². The summed E-state index contributed by atoms with van der Waals surface area (Å²) in [7, 11) is 0. The van der Waals surface area contributed by atoms with E-state index < -0.39 is 0 Å². The van der Waals surface area contributed by atoms with Crippen molar-refractivity contribution in [3.8, 4) is 0 Å². The fourth-order valence-electron chi connectivity index (χ4n) is 5.79. The molecule has 0 N–H and O–H groups in total. The minimum Gasteiger partial charge on any atom is -0.458 e. The highest BCUT2D eigenvalue weighted by molar-refractivity contribution is 5.85. The fourth-order valence-corrected chi connectivity index (χ4v) is 5.79. The highest BCUT2D eigenvalue weighted by Crippen LogP contribution is 2.15. The summed E-state index contributed by atoms with van der Waals surface area (Å²) >= 11 is 0. The molecule has 0 radical (unpaired) electrons. The SMILES string of the molecule is CCCCCCCCCCCCCCCCCC(=O)OCC(=O)COC(=O)CCCCCCCCCCCCCCCCC. The van der Waals surface area contributed by atoms with Gasteiger partial charge < -0.3 is 9.47 Å². The summed E-state index contributed by atoms with van der Waals surface area (Å²) in [6.07, 6.45) is 39.2. The third kappa shape index (κ3) is 35.1. The van der Waals surface area contributed by atoms with Gasteiger partial charge in [0.2, 0.25) is 5.78 Å². The minimum atomic E-state index is -0.361. The molecule has 0 amide bonds. The first-order valence-electron chi connectivity index (χ1n) is 19.4. The predicted octanol–water partition coefficient (Wildman–Crippen LogP) is 12.2. The molecule has 0 fully saturated rings. The van der Waals surface area contributed by atoms with E-state index in [9.17, 15) is 14.4 Å². The number of carbonyl (C=O) groups excluding carboxylic acids is 3. The molecule has 5 nitrogen and oxygen atoms in total. The molecule has 0 aliphatic carbocycles. The Kier molecular flexibility index (Phi) is 34.9. The molecule has 5 heteroatoms. The molecule has 0 unspecified atom stereocenters. The van der Waals surface area contributed by atoms with Crippen molar-refractivity contribution in [2.24, 2.45) is 0 Å². The third-order valence-corrected chi connectivity index (χ3v) is 8.76. The van der Waals surface area contributed by atoms with E-state index in [4.69, 9.17) is 9.47 Å². The van der Waals surface area contributed by atoms with Crippen molar-refractivity contribution in [3.05, 3.63) is 0 Å². The zero-order valence-corrected chi connectivity index (χ0v) is 29.6. The van der Waals surface area contributed by atoms with Crippen molar-refractivity contribution < 1.29 is 23.9 Å². The summed E-state index contributed by atoms with van der Waals surface area (Å²) in [4.78, 5) is 35.7. The van der Waals surface area contributed by atoms with Gasteiger partial charge in [-0.15, -0.1) is 0 Å². The van der Waals surface area contributed by atoms with Crippen LogP contribution in [0, 0.1) is 0 Å². The molecule has 44 heavy (non-hydrogen) atoms. The molecular weight excluding hydrogens is 548 g/mol. The zero-order valence-electron chi connectivity index (χ0n) is 29.6. The summed E-state index contributed by atoms with van der Waals surface area (Å²) in [5, 5.41) is 0. The summed E-state index contributed by atoms with van der Waals surface area (Å²) in [6.45, 7) is 3.93. The van der Waals surface area contributed by atoms with Gasteiger partial charge in [0.05, 0.1) is 0 Å². The van der Waals surface area contributed by atoms with Gasteiger partial charge in [-0.1, -0.05) is 194 Å². The van der Waals surface area contributed by atoms with Crippen LogP contribution in [-0.2, 0) is 23.9 Å². The van der Waals surface area contributed by atoms with Crippen molar-refractivity contribution in [2.45, 2.75) is 219 Å². The average Bonchev–Trinajstić information content (AvgIpc) is 3.02. The Morgan fingerprint density at radius 2 is 0.523 bits per heavy atom. The van der Waals surface area contributed by atoms with Gasteiger partial charge in [-0.25, -0.2) is 0 Å². The second-order valence-electron chi connectivity index (χ2n) is 13.3. The molecule has 0 aromatic heterocycles. The van der Waals surface area contributed by atoms with E-state index in [0.717, 1.165) is 38.5 Å². The quantitative estimate of drug-likeness (QED) is 0.0513. The first-order valence-corrected chi connectivity index (χ1v) is 19.4. The highest BCUT2D eigenvalue weighted by Gasteiger charge is 2.11. The topological polar surface area (TPSA) is 69.7 Å². The lowest BCUT2D eigenvalue weighted by Gasteiger charge is -2.06. The van der Waals surface area contributed by atoms with Crippen molar-refractivity contribution in [1.29, 1.82) is 0 Å². The fraction of sp³-hybridized carbons (Fsp3) is 0.923. The Morgan fingerprint density at radius 3 is 0.750 bits per heavy atom. The number of hydrogen-bond donors (Lipinski definition) is 0. The maximum atomic E-state index is 11.9. The van der Waals surface area contributed by atoms with E-state index in [1.54, 1.807) is 0 Å². The Bertz CT molecular complexity index is 580. The predicted molar refractivity (Wildman–Crippen MR) is 186 cm³/mol. The number of Topliss-reactive ketones (excluding diaryl/α,β-unsaturated/α-hetero) is 1. The normalized spacial score (nSPS) is 11.1. The minimum absolute atomic E-state index is 0.302. The van der Waals surface area contributed by atoms with Crippen LogP contribution in [0.1, 0.15) is 219 Å². The monoisotopic (exact) mass is 623 g/mol. The summed E-state index contributed by atoms with van der Waals surface area (Å²) < 4.78 is 10.1. The Morgan fingerprint density at radius 1 is 0.318 bits per heavy atom. The first kappa shape index (κ1) is 42.6. The lowest BCUT2D eigenvalue weighted by molar-refractivity contribution is -0.153. The molecule has 0 bridgehead atoms. The van der Waals surface area contributed by atoms with E-state index in [2.05, 4.69) is 13.8 Å². The second-order valence-corrected chi connectivity index (χ2v) is 13.3. The van der Waals surface area contributed by atoms with Gasteiger partial charge in [0.25, 0.3) is 0 Å². The van der Waals surface area contributed by atoms with Gasteiger partial charge >= 0.3 is 11.9 Å². The molecule has 0 rings (SSSR count). The molecule has 0 saturated carbocycles. The maximum Gasteiger partial charge on any atom is 0.306 e. The molecule has 0 aliphatic heterocycles. The van der Waals surface area contributed by atoms with E-state index in [1.807, 2.05) is 0 Å². The molecule has 0 aromatic carbocycles. The molecule has 0 aliphatic rings. The van der Waals surface area contributed by atoms with Crippen LogP contribution < -0.4 is 0 Å². The Labute approximate surface area is 273 Å². The van der Waals surface area contributed by atoms with Crippen molar-refractivity contribution in [1.82, 2.24) is 0 Å². The standard InChI is InChI=1S/C39H74O5/c1-3-5-7-9-11-13-15-17-19-21-23-25-27-29-31-33-38(41)43-35-37(40)36-44-39(42)34-32-30-28-26-24-22-20-18-16-14-12-10-8-6-4-2/h3-36H2,1-2H3. The molecule has 0 atom stereocenters. The van der Waals surface area contributed by atoms with Crippen LogP contribution in [0.25, 0.3) is 0 Å². The van der Waals surface area contributed by atoms with E-state index in [-0.39, 0.29) is 30.9 Å². The van der Waals surface area contributed by atoms with Gasteiger partial charge in [-0.3, -0.25) is 14.4 Å². The Hall–Kier alpha value is -1.39. The van der Waals surface area contributed by atoms with Crippen LogP contribution in [0.4, 0.5) is 0 Å². The number of ether oxygens (including phenoxy) is 2. The molecule has 0 heterocycles. The van der Waals surface area contributed by atoms with Crippen LogP contribution in [0.15, 0.2) is 0 Å². The highest BCUT2D eigenvalue weighted by atomic mass is 16.6. The smallest absolute Gasteiger partial charge is 0.306 e. The Balaban J connectivity index is 3.38. The maximum absolute atomic E-state index is 11.9. The number of esters is 2. The van der Waals surface area contributed by atoms with Crippen LogP contribution >= 0.6 is 0 Å². The molecule has 0 saturated heterocycles. The second kappa shape index (κ2) is 36.1. The molecule has 0 aromatic rings. The summed E-state index contributed by atoms with van der Waals surface area (Å²) in [5.74, 6) is -1.03. The summed E-state index contributed by atoms with van der Waals surface area (Å²) in [5.41, 5.74) is 0. The van der Waals surface area contributed by atoms with Crippen molar-refractivity contribution in [3.63, 3.8) is 0 Å². The number of unbranched alkanes of at least 4 members (excludes halogenated alkanes) is 28. The van der Waals surface area contributed by atoms with Gasteiger partial charge in [-0.05, 0) is 12.8 Å². The molecular formula is C39H74O5. The number of rotatable bonds is 36. The van der Waals surface area contributed by atoms with Gasteiger partial charge in [0.15, 0.2) is 13.2 Å². The van der Waals surface area contributed by atoms with Gasteiger partial charge in [0.1, 0.15) is 0 Å². The van der Waals surface area contributed by atoms with Crippen LogP contribution in [0.5, 0.6) is 0 Å². The van der Waals surface area contributed by atoms with E-state index in [0.29, 0.717) is 12.8 Å². The number of carbonyl (C=O) groups is 3. The molecule has 0 spiro atoms. The largest absolute Gasteiger partial charge is 0.458 e. The zero-order chi connectivity index (χ0) is 32.2. The third-order valence-electron chi connectivity index (χ3n) is 8.76. The average molecular weight is 623 g/mol. The number of hydrogen-bond acceptors (Lipinski definition) is 5. The lowest BCUT2D eigenvalue weighted by atomic mass is 10.0. The van der Waals surface area contributed by atoms with Crippen molar-refractivity contribution >= 4 is 17.7 Å². The number of ketones is 1. The first-order chi connectivity index (χ1) is 21.6. The van der Waals surface area contributed by atoms with Gasteiger partial charge in [-0.2, -0.15) is 0 Å².